The van der Waals surface area contributed by atoms with Gasteiger partial charge in [-0.25, -0.2) is 12.8 Å². The molecule has 1 aromatic heterocycles. The standard InChI is InChI=1S/C10H10FN3O3S3/c1-17-7-4-3-6(11)5-8(7)20(15,16)14-9-12-13-10(18-2)19-9/h3-5H,1-2H3,(H,12,14). The Kier molecular flexibility index (Phi) is 4.45. The van der Waals surface area contributed by atoms with E-state index in [4.69, 9.17) is 4.74 Å². The number of nitrogens with one attached hydrogen (secondary N) is 1. The van der Waals surface area contributed by atoms with Gasteiger partial charge >= 0.3 is 0 Å². The summed E-state index contributed by atoms with van der Waals surface area (Å²) in [5.74, 6) is -0.623. The number of hydrogen-bond donors (Lipinski definition) is 1. The Labute approximate surface area is 123 Å². The van der Waals surface area contributed by atoms with E-state index in [0.717, 1.165) is 23.5 Å². The molecule has 0 atom stereocenters. The molecule has 20 heavy (non-hydrogen) atoms. The molecule has 2 aromatic rings. The third kappa shape index (κ3) is 3.19. The summed E-state index contributed by atoms with van der Waals surface area (Å²) in [6.45, 7) is 0. The Hall–Kier alpha value is -1.39. The molecular weight excluding hydrogens is 325 g/mol. The lowest BCUT2D eigenvalue weighted by Crippen LogP contribution is -2.14. The van der Waals surface area contributed by atoms with Crippen LogP contribution in [0.2, 0.25) is 0 Å². The van der Waals surface area contributed by atoms with Crippen LogP contribution in [-0.2, 0) is 10.0 Å². The van der Waals surface area contributed by atoms with Crippen molar-refractivity contribution in [2.75, 3.05) is 18.1 Å². The molecule has 0 bridgehead atoms. The van der Waals surface area contributed by atoms with Crippen molar-refractivity contribution in [3.63, 3.8) is 0 Å². The maximum absolute atomic E-state index is 13.2. The molecule has 0 fully saturated rings. The average Bonchev–Trinajstić information content (AvgIpc) is 2.85. The van der Waals surface area contributed by atoms with Gasteiger partial charge in [0, 0.05) is 0 Å². The van der Waals surface area contributed by atoms with Gasteiger partial charge in [0.25, 0.3) is 10.0 Å². The summed E-state index contributed by atoms with van der Waals surface area (Å²) in [6, 6.07) is 3.25. The molecule has 1 aromatic carbocycles. The lowest BCUT2D eigenvalue weighted by molar-refractivity contribution is 0.401. The number of anilines is 1. The molecule has 108 valence electrons. The Bertz CT molecular complexity index is 718. The maximum Gasteiger partial charge on any atom is 0.267 e. The van der Waals surface area contributed by atoms with Crippen molar-refractivity contribution in [1.82, 2.24) is 10.2 Å². The Morgan fingerprint density at radius 1 is 1.40 bits per heavy atom. The van der Waals surface area contributed by atoms with E-state index in [-0.39, 0.29) is 15.8 Å². The van der Waals surface area contributed by atoms with Crippen LogP contribution in [0.3, 0.4) is 0 Å². The molecule has 0 saturated heterocycles. The molecule has 0 saturated carbocycles. The fourth-order valence-corrected chi connectivity index (χ4v) is 3.95. The van der Waals surface area contributed by atoms with Crippen LogP contribution in [0.4, 0.5) is 9.52 Å². The third-order valence-corrected chi connectivity index (χ3v) is 5.52. The van der Waals surface area contributed by atoms with E-state index in [2.05, 4.69) is 14.9 Å². The van der Waals surface area contributed by atoms with Crippen molar-refractivity contribution >= 4 is 38.3 Å². The first-order valence-corrected chi connectivity index (χ1v) is 8.72. The predicted molar refractivity (Wildman–Crippen MR) is 75.5 cm³/mol. The molecule has 1 heterocycles. The molecule has 0 unspecified atom stereocenters. The highest BCUT2D eigenvalue weighted by Crippen LogP contribution is 2.29. The molecule has 0 spiro atoms. The van der Waals surface area contributed by atoms with Crippen LogP contribution < -0.4 is 9.46 Å². The van der Waals surface area contributed by atoms with Gasteiger partial charge in [0.1, 0.15) is 16.5 Å². The van der Waals surface area contributed by atoms with Crippen molar-refractivity contribution in [1.29, 1.82) is 0 Å². The number of thioether (sulfide) groups is 1. The van der Waals surface area contributed by atoms with Gasteiger partial charge < -0.3 is 4.74 Å². The second kappa shape index (κ2) is 5.94. The second-order valence-electron chi connectivity index (χ2n) is 3.48. The fourth-order valence-electron chi connectivity index (χ4n) is 1.36. The van der Waals surface area contributed by atoms with Crippen molar-refractivity contribution in [3.8, 4) is 5.75 Å². The highest BCUT2D eigenvalue weighted by Gasteiger charge is 2.22. The first-order valence-electron chi connectivity index (χ1n) is 5.20. The van der Waals surface area contributed by atoms with Crippen LogP contribution >= 0.6 is 23.1 Å². The fraction of sp³-hybridized carbons (Fsp3) is 0.200. The van der Waals surface area contributed by atoms with Crippen LogP contribution in [0.1, 0.15) is 0 Å². The molecule has 0 aliphatic heterocycles. The summed E-state index contributed by atoms with van der Waals surface area (Å²) < 4.78 is 45.4. The zero-order valence-electron chi connectivity index (χ0n) is 10.5. The van der Waals surface area contributed by atoms with Crippen LogP contribution in [-0.4, -0.2) is 32.0 Å². The van der Waals surface area contributed by atoms with Gasteiger partial charge in [-0.2, -0.15) is 0 Å². The zero-order chi connectivity index (χ0) is 14.8. The van der Waals surface area contributed by atoms with E-state index < -0.39 is 15.8 Å². The van der Waals surface area contributed by atoms with E-state index in [1.54, 1.807) is 6.26 Å². The minimum absolute atomic E-state index is 0.0495. The van der Waals surface area contributed by atoms with Gasteiger partial charge in [-0.05, 0) is 24.5 Å². The van der Waals surface area contributed by atoms with Crippen molar-refractivity contribution in [2.45, 2.75) is 9.24 Å². The second-order valence-corrected chi connectivity index (χ2v) is 7.16. The van der Waals surface area contributed by atoms with Gasteiger partial charge in [-0.1, -0.05) is 23.1 Å². The number of benzene rings is 1. The SMILES string of the molecule is COc1ccc(F)cc1S(=O)(=O)Nc1nnc(SC)s1. The van der Waals surface area contributed by atoms with E-state index >= 15 is 0 Å². The summed E-state index contributed by atoms with van der Waals surface area (Å²) in [5, 5.41) is 7.58. The van der Waals surface area contributed by atoms with Crippen LogP contribution in [0.25, 0.3) is 0 Å². The largest absolute Gasteiger partial charge is 0.495 e. The number of halogens is 1. The van der Waals surface area contributed by atoms with E-state index in [1.807, 2.05) is 0 Å². The molecule has 0 aliphatic rings. The van der Waals surface area contributed by atoms with Crippen molar-refractivity contribution in [3.05, 3.63) is 24.0 Å². The highest BCUT2D eigenvalue weighted by atomic mass is 32.2. The number of rotatable bonds is 5. The van der Waals surface area contributed by atoms with Crippen LogP contribution in [0.5, 0.6) is 5.75 Å². The third-order valence-electron chi connectivity index (χ3n) is 2.22. The molecule has 0 amide bonds. The number of methoxy groups -OCH3 is 1. The van der Waals surface area contributed by atoms with Gasteiger partial charge in [0.15, 0.2) is 4.34 Å². The van der Waals surface area contributed by atoms with Gasteiger partial charge in [-0.15, -0.1) is 10.2 Å². The molecule has 2 rings (SSSR count). The summed E-state index contributed by atoms with van der Waals surface area (Å²) in [7, 11) is -2.68. The van der Waals surface area contributed by atoms with E-state index in [0.29, 0.717) is 4.34 Å². The first kappa shape index (κ1) is 15.0. The maximum atomic E-state index is 13.2. The predicted octanol–water partition coefficient (Wildman–Crippen LogP) is 2.21. The zero-order valence-corrected chi connectivity index (χ0v) is 12.9. The number of ether oxygens (including phenoxy) is 1. The Morgan fingerprint density at radius 3 is 2.75 bits per heavy atom. The normalized spacial score (nSPS) is 11.3. The van der Waals surface area contributed by atoms with Crippen molar-refractivity contribution in [2.24, 2.45) is 0 Å². The molecule has 10 heteroatoms. The minimum Gasteiger partial charge on any atom is -0.495 e. The molecular formula is C10H10FN3O3S3. The summed E-state index contributed by atoms with van der Waals surface area (Å²) in [6.07, 6.45) is 1.80. The first-order chi connectivity index (χ1) is 9.46. The summed E-state index contributed by atoms with van der Waals surface area (Å²) in [5.41, 5.74) is 0. The van der Waals surface area contributed by atoms with Gasteiger partial charge in [-0.3, -0.25) is 4.72 Å². The topological polar surface area (TPSA) is 81.2 Å². The minimum atomic E-state index is -3.99. The lowest BCUT2D eigenvalue weighted by Gasteiger charge is -2.09. The van der Waals surface area contributed by atoms with Gasteiger partial charge in [0.2, 0.25) is 5.13 Å². The number of aromatic nitrogens is 2. The average molecular weight is 335 g/mol. The smallest absolute Gasteiger partial charge is 0.267 e. The van der Waals surface area contributed by atoms with E-state index in [9.17, 15) is 12.8 Å². The number of nitrogens with zero attached hydrogens (tertiary/aromatic N) is 2. The monoisotopic (exact) mass is 335 g/mol. The quantitative estimate of drug-likeness (QED) is 0.844. The Morgan fingerprint density at radius 2 is 2.15 bits per heavy atom. The number of sulfonamides is 1. The van der Waals surface area contributed by atoms with Gasteiger partial charge in [0.05, 0.1) is 7.11 Å². The van der Waals surface area contributed by atoms with Crippen LogP contribution in [0.15, 0.2) is 27.4 Å². The number of hydrogen-bond acceptors (Lipinski definition) is 7. The van der Waals surface area contributed by atoms with E-state index in [1.165, 1.54) is 24.9 Å². The molecule has 6 nitrogen and oxygen atoms in total. The van der Waals surface area contributed by atoms with Crippen molar-refractivity contribution < 1.29 is 17.5 Å². The molecule has 0 radical (unpaired) electrons. The molecule has 1 N–H and O–H groups in total. The van der Waals surface area contributed by atoms with Crippen LogP contribution in [0, 0.1) is 5.82 Å². The lowest BCUT2D eigenvalue weighted by atomic mass is 10.3. The summed E-state index contributed by atoms with van der Waals surface area (Å²) in [4.78, 5) is -0.291. The summed E-state index contributed by atoms with van der Waals surface area (Å²) >= 11 is 2.43. The highest BCUT2D eigenvalue weighted by molar-refractivity contribution is 8.00. The molecule has 0 aliphatic carbocycles. The Balaban J connectivity index is 2.37.